The third kappa shape index (κ3) is 3.54. The standard InChI is InChI=1S/C14H18N2O3/c1-9-8-11(6-7-15-9)13(17)16-12-4-2-10(3-5-12)14(18)19/h2-5,9,11,15H,6-8H2,1H3,(H,16,17)(H,18,19). The molecule has 1 fully saturated rings. The predicted octanol–water partition coefficient (Wildman–Crippen LogP) is 1.71. The largest absolute Gasteiger partial charge is 0.478 e. The van der Waals surface area contributed by atoms with Crippen LogP contribution in [0.15, 0.2) is 24.3 Å². The molecule has 5 heteroatoms. The molecular weight excluding hydrogens is 244 g/mol. The number of benzene rings is 1. The van der Waals surface area contributed by atoms with E-state index < -0.39 is 5.97 Å². The van der Waals surface area contributed by atoms with Gasteiger partial charge in [-0.3, -0.25) is 4.79 Å². The molecule has 19 heavy (non-hydrogen) atoms. The van der Waals surface area contributed by atoms with Gasteiger partial charge in [-0.1, -0.05) is 0 Å². The van der Waals surface area contributed by atoms with E-state index in [2.05, 4.69) is 17.6 Å². The fourth-order valence-corrected chi connectivity index (χ4v) is 2.31. The van der Waals surface area contributed by atoms with Gasteiger partial charge in [0.15, 0.2) is 0 Å². The van der Waals surface area contributed by atoms with Crippen LogP contribution in [0.25, 0.3) is 0 Å². The van der Waals surface area contributed by atoms with Gasteiger partial charge in [0.2, 0.25) is 5.91 Å². The molecule has 2 unspecified atom stereocenters. The maximum Gasteiger partial charge on any atom is 0.335 e. The summed E-state index contributed by atoms with van der Waals surface area (Å²) < 4.78 is 0. The van der Waals surface area contributed by atoms with Crippen LogP contribution in [0.1, 0.15) is 30.1 Å². The zero-order valence-electron chi connectivity index (χ0n) is 10.8. The summed E-state index contributed by atoms with van der Waals surface area (Å²) in [4.78, 5) is 22.8. The van der Waals surface area contributed by atoms with Gasteiger partial charge in [-0.15, -0.1) is 0 Å². The van der Waals surface area contributed by atoms with E-state index in [1.54, 1.807) is 12.1 Å². The minimum atomic E-state index is -0.968. The second-order valence-electron chi connectivity index (χ2n) is 4.95. The van der Waals surface area contributed by atoms with Crippen molar-refractivity contribution in [2.75, 3.05) is 11.9 Å². The first kappa shape index (κ1) is 13.5. The molecule has 3 N–H and O–H groups in total. The Kier molecular flexibility index (Phi) is 4.16. The normalized spacial score (nSPS) is 22.8. The highest BCUT2D eigenvalue weighted by molar-refractivity contribution is 5.93. The summed E-state index contributed by atoms with van der Waals surface area (Å²) in [5, 5.41) is 14.9. The Morgan fingerprint density at radius 2 is 2.00 bits per heavy atom. The molecule has 1 heterocycles. The van der Waals surface area contributed by atoms with Crippen molar-refractivity contribution in [3.05, 3.63) is 29.8 Å². The molecule has 0 aromatic heterocycles. The number of carboxylic acids is 1. The molecule has 0 spiro atoms. The molecule has 1 aromatic carbocycles. The van der Waals surface area contributed by atoms with Gasteiger partial charge in [-0.25, -0.2) is 4.79 Å². The summed E-state index contributed by atoms with van der Waals surface area (Å²) in [5.41, 5.74) is 0.856. The van der Waals surface area contributed by atoms with Crippen LogP contribution in [0.5, 0.6) is 0 Å². The lowest BCUT2D eigenvalue weighted by atomic mass is 9.92. The Balaban J connectivity index is 1.96. The average molecular weight is 262 g/mol. The number of amides is 1. The lowest BCUT2D eigenvalue weighted by Gasteiger charge is -2.27. The van der Waals surface area contributed by atoms with Crippen molar-refractivity contribution in [2.24, 2.45) is 5.92 Å². The van der Waals surface area contributed by atoms with Crippen LogP contribution in [-0.2, 0) is 4.79 Å². The zero-order valence-corrected chi connectivity index (χ0v) is 10.8. The molecule has 1 aromatic rings. The van der Waals surface area contributed by atoms with Crippen LogP contribution in [0.4, 0.5) is 5.69 Å². The number of carbonyl (C=O) groups is 2. The Bertz CT molecular complexity index is 470. The number of carboxylic acid groups (broad SMARTS) is 1. The van der Waals surface area contributed by atoms with Gasteiger partial charge in [0.1, 0.15) is 0 Å². The lowest BCUT2D eigenvalue weighted by molar-refractivity contribution is -0.120. The molecule has 0 bridgehead atoms. The van der Waals surface area contributed by atoms with E-state index in [9.17, 15) is 9.59 Å². The zero-order chi connectivity index (χ0) is 13.8. The van der Waals surface area contributed by atoms with E-state index in [1.807, 2.05) is 0 Å². The van der Waals surface area contributed by atoms with Crippen molar-refractivity contribution < 1.29 is 14.7 Å². The summed E-state index contributed by atoms with van der Waals surface area (Å²) in [6, 6.07) is 6.57. The molecule has 2 atom stereocenters. The second-order valence-corrected chi connectivity index (χ2v) is 4.95. The maximum absolute atomic E-state index is 12.1. The minimum Gasteiger partial charge on any atom is -0.478 e. The van der Waals surface area contributed by atoms with Gasteiger partial charge in [-0.2, -0.15) is 0 Å². The highest BCUT2D eigenvalue weighted by Crippen LogP contribution is 2.19. The predicted molar refractivity (Wildman–Crippen MR) is 72.2 cm³/mol. The summed E-state index contributed by atoms with van der Waals surface area (Å²) in [6.45, 7) is 2.93. The van der Waals surface area contributed by atoms with E-state index >= 15 is 0 Å². The Morgan fingerprint density at radius 3 is 2.58 bits per heavy atom. The number of nitrogens with one attached hydrogen (secondary N) is 2. The maximum atomic E-state index is 12.1. The van der Waals surface area contributed by atoms with E-state index in [1.165, 1.54) is 12.1 Å². The molecular formula is C14H18N2O3. The number of hydrogen-bond donors (Lipinski definition) is 3. The molecule has 5 nitrogen and oxygen atoms in total. The molecule has 0 saturated carbocycles. The molecule has 1 saturated heterocycles. The van der Waals surface area contributed by atoms with E-state index in [4.69, 9.17) is 5.11 Å². The Labute approximate surface area is 112 Å². The fraction of sp³-hybridized carbons (Fsp3) is 0.429. The average Bonchev–Trinajstić information content (AvgIpc) is 2.39. The van der Waals surface area contributed by atoms with E-state index in [0.717, 1.165) is 19.4 Å². The lowest BCUT2D eigenvalue weighted by Crippen LogP contribution is -2.40. The van der Waals surface area contributed by atoms with E-state index in [-0.39, 0.29) is 17.4 Å². The van der Waals surface area contributed by atoms with Gasteiger partial charge >= 0.3 is 5.97 Å². The Morgan fingerprint density at radius 1 is 1.32 bits per heavy atom. The second kappa shape index (κ2) is 5.84. The third-order valence-corrected chi connectivity index (χ3v) is 3.39. The smallest absolute Gasteiger partial charge is 0.335 e. The SMILES string of the molecule is CC1CC(C(=O)Nc2ccc(C(=O)O)cc2)CCN1. The van der Waals surface area contributed by atoms with Crippen LogP contribution < -0.4 is 10.6 Å². The van der Waals surface area contributed by atoms with Crippen molar-refractivity contribution in [2.45, 2.75) is 25.8 Å². The highest BCUT2D eigenvalue weighted by atomic mass is 16.4. The molecule has 2 rings (SSSR count). The van der Waals surface area contributed by atoms with Crippen molar-refractivity contribution in [1.29, 1.82) is 0 Å². The first-order chi connectivity index (χ1) is 9.06. The van der Waals surface area contributed by atoms with Crippen molar-refractivity contribution >= 4 is 17.6 Å². The Hall–Kier alpha value is -1.88. The molecule has 0 radical (unpaired) electrons. The summed E-state index contributed by atoms with van der Waals surface area (Å²) in [7, 11) is 0. The molecule has 102 valence electrons. The number of piperidine rings is 1. The van der Waals surface area contributed by atoms with Crippen molar-refractivity contribution in [1.82, 2.24) is 5.32 Å². The number of aromatic carboxylic acids is 1. The molecule has 0 aliphatic carbocycles. The van der Waals surface area contributed by atoms with E-state index in [0.29, 0.717) is 11.7 Å². The van der Waals surface area contributed by atoms with Crippen molar-refractivity contribution in [3.63, 3.8) is 0 Å². The molecule has 1 aliphatic heterocycles. The monoisotopic (exact) mass is 262 g/mol. The molecule has 1 amide bonds. The van der Waals surface area contributed by atoms with Gasteiger partial charge in [-0.05, 0) is 50.6 Å². The summed E-state index contributed by atoms with van der Waals surface area (Å²) in [5.74, 6) is -0.933. The van der Waals surface area contributed by atoms with Crippen molar-refractivity contribution in [3.8, 4) is 0 Å². The van der Waals surface area contributed by atoms with Crippen LogP contribution in [0.2, 0.25) is 0 Å². The van der Waals surface area contributed by atoms with Crippen LogP contribution in [-0.4, -0.2) is 29.6 Å². The first-order valence-electron chi connectivity index (χ1n) is 6.44. The summed E-state index contributed by atoms with van der Waals surface area (Å²) >= 11 is 0. The third-order valence-electron chi connectivity index (χ3n) is 3.39. The van der Waals surface area contributed by atoms with Crippen LogP contribution in [0, 0.1) is 5.92 Å². The van der Waals surface area contributed by atoms with Gasteiger partial charge in [0.05, 0.1) is 5.56 Å². The first-order valence-corrected chi connectivity index (χ1v) is 6.44. The number of carbonyl (C=O) groups excluding carboxylic acids is 1. The topological polar surface area (TPSA) is 78.4 Å². The van der Waals surface area contributed by atoms with Gasteiger partial charge in [0, 0.05) is 17.6 Å². The van der Waals surface area contributed by atoms with Crippen LogP contribution >= 0.6 is 0 Å². The van der Waals surface area contributed by atoms with Crippen LogP contribution in [0.3, 0.4) is 0 Å². The quantitative estimate of drug-likeness (QED) is 0.775. The summed E-state index contributed by atoms with van der Waals surface area (Å²) in [6.07, 6.45) is 1.67. The number of hydrogen-bond acceptors (Lipinski definition) is 3. The number of rotatable bonds is 3. The molecule has 1 aliphatic rings. The minimum absolute atomic E-state index is 0.0106. The fourth-order valence-electron chi connectivity index (χ4n) is 2.31. The van der Waals surface area contributed by atoms with Gasteiger partial charge < -0.3 is 15.7 Å². The number of anilines is 1. The van der Waals surface area contributed by atoms with Gasteiger partial charge in [0.25, 0.3) is 0 Å². The highest BCUT2D eigenvalue weighted by Gasteiger charge is 2.24.